The first-order valence-corrected chi connectivity index (χ1v) is 14.6. The lowest BCUT2D eigenvalue weighted by Crippen LogP contribution is -2.29. The largest absolute Gasteiger partial charge is 0.478 e. The Morgan fingerprint density at radius 3 is 1.80 bits per heavy atom. The number of amidine groups is 1. The Morgan fingerprint density at radius 2 is 1.25 bits per heavy atom. The molecule has 0 aliphatic heterocycles. The number of carboxylic acids is 1. The molecule has 216 valence electrons. The summed E-state index contributed by atoms with van der Waals surface area (Å²) in [5.74, 6) is -1.99. The lowest BCUT2D eigenvalue weighted by Gasteiger charge is -2.17. The monoisotopic (exact) mass is 550 g/mol. The van der Waals surface area contributed by atoms with Crippen LogP contribution in [0.25, 0.3) is 21.5 Å². The van der Waals surface area contributed by atoms with Crippen molar-refractivity contribution in [2.75, 3.05) is 13.1 Å². The Kier molecular flexibility index (Phi) is 11.7. The summed E-state index contributed by atoms with van der Waals surface area (Å²) in [5, 5.41) is 25.2. The number of unbranched alkanes of at least 4 members (excludes halogenated alkanes) is 10. The third-order valence-electron chi connectivity index (χ3n) is 7.37. The average molecular weight is 551 g/mol. The highest BCUT2D eigenvalue weighted by atomic mass is 16.4. The van der Waals surface area contributed by atoms with Crippen LogP contribution in [0, 0.1) is 5.41 Å². The second-order valence-corrected chi connectivity index (χ2v) is 10.4. The Bertz CT molecular complexity index is 1450. The molecule has 9 nitrogen and oxygen atoms in total. The minimum atomic E-state index is -1.32. The maximum Gasteiger partial charge on any atom is 0.336 e. The van der Waals surface area contributed by atoms with Crippen molar-refractivity contribution >= 4 is 39.3 Å². The summed E-state index contributed by atoms with van der Waals surface area (Å²) in [5.41, 5.74) is -1.62. The molecule has 5 N–H and O–H groups in total. The smallest absolute Gasteiger partial charge is 0.336 e. The number of fused-ring (bicyclic) bond motifs is 3. The van der Waals surface area contributed by atoms with Crippen LogP contribution in [0.4, 0.5) is 0 Å². The van der Waals surface area contributed by atoms with Crippen LogP contribution >= 0.6 is 0 Å². The molecule has 0 radical (unpaired) electrons. The van der Waals surface area contributed by atoms with Gasteiger partial charge in [-0.1, -0.05) is 78.1 Å². The highest BCUT2D eigenvalue weighted by Crippen LogP contribution is 2.32. The van der Waals surface area contributed by atoms with Crippen LogP contribution in [-0.4, -0.2) is 40.9 Å². The van der Waals surface area contributed by atoms with Gasteiger partial charge in [0.2, 0.25) is 0 Å². The number of H-pyrrole nitrogens is 1. The molecular formula is C31H42N4O5. The van der Waals surface area contributed by atoms with E-state index in [9.17, 15) is 24.3 Å². The molecule has 2 aromatic heterocycles. The summed E-state index contributed by atoms with van der Waals surface area (Å²) in [6.45, 7) is 5.18. The summed E-state index contributed by atoms with van der Waals surface area (Å²) in [7, 11) is 0. The van der Waals surface area contributed by atoms with Crippen molar-refractivity contribution in [1.29, 1.82) is 5.41 Å². The third-order valence-corrected chi connectivity index (χ3v) is 7.37. The SMILES string of the molecule is CCCCCCCCNC(=N)c1c(C(=O)O)cc(C(=O)NCCCCCCCC)c2c3ccc(c(=O)[nH]c3=O)c12. The van der Waals surface area contributed by atoms with Crippen LogP contribution in [0.1, 0.15) is 117 Å². The number of hydrogen-bond donors (Lipinski definition) is 5. The van der Waals surface area contributed by atoms with Gasteiger partial charge in [0.25, 0.3) is 17.0 Å². The number of aromatic amines is 1. The van der Waals surface area contributed by atoms with E-state index in [0.29, 0.717) is 13.1 Å². The molecule has 2 aromatic carbocycles. The fraction of sp³-hybridized carbons (Fsp3) is 0.516. The first kappa shape index (κ1) is 30.8. The maximum absolute atomic E-state index is 13.4. The molecule has 0 unspecified atom stereocenters. The Labute approximate surface area is 234 Å². The third kappa shape index (κ3) is 7.46. The molecule has 0 saturated carbocycles. The first-order valence-electron chi connectivity index (χ1n) is 14.6. The van der Waals surface area contributed by atoms with Crippen LogP contribution in [0.5, 0.6) is 0 Å². The number of carbonyl (C=O) groups is 2. The summed E-state index contributed by atoms with van der Waals surface area (Å²) in [6.07, 6.45) is 12.7. The van der Waals surface area contributed by atoms with E-state index in [1.54, 1.807) is 0 Å². The van der Waals surface area contributed by atoms with Crippen molar-refractivity contribution < 1.29 is 14.7 Å². The van der Waals surface area contributed by atoms with Crippen LogP contribution in [0.2, 0.25) is 0 Å². The standard InChI is InChI=1S/C31H42N4O5/c1-3-5-7-9-11-13-17-33-27(32)26-23(31(39)40)19-22(28(36)34-18-14-12-10-8-6-4-2)24-20-15-16-21(25(24)26)30(38)35-29(20)37/h15-16,19H,3-14,17-18H2,1-2H3,(H2,32,33)(H,34,36)(H,39,40)(H,35,37,38). The number of rotatable bonds is 17. The number of carboxylic acid groups (broad SMARTS) is 1. The van der Waals surface area contributed by atoms with Crippen LogP contribution in [0.3, 0.4) is 0 Å². The van der Waals surface area contributed by atoms with Crippen molar-refractivity contribution in [2.24, 2.45) is 0 Å². The van der Waals surface area contributed by atoms with Gasteiger partial charge in [-0.25, -0.2) is 4.79 Å². The number of carbonyl (C=O) groups excluding carboxylic acids is 1. The van der Waals surface area contributed by atoms with E-state index in [1.165, 1.54) is 31.0 Å². The molecule has 0 spiro atoms. The summed E-state index contributed by atoms with van der Waals surface area (Å²) < 4.78 is 0. The van der Waals surface area contributed by atoms with Gasteiger partial charge in [0.15, 0.2) is 0 Å². The van der Waals surface area contributed by atoms with Gasteiger partial charge in [0.1, 0.15) is 5.84 Å². The fourth-order valence-electron chi connectivity index (χ4n) is 5.20. The maximum atomic E-state index is 13.4. The van der Waals surface area contributed by atoms with E-state index in [0.717, 1.165) is 64.2 Å². The fourth-order valence-corrected chi connectivity index (χ4v) is 5.20. The van der Waals surface area contributed by atoms with Crippen molar-refractivity contribution in [2.45, 2.75) is 90.9 Å². The Balaban J connectivity index is 1.99. The number of nitrogens with one attached hydrogen (secondary N) is 4. The summed E-state index contributed by atoms with van der Waals surface area (Å²) in [4.78, 5) is 53.9. The Hall–Kier alpha value is -3.75. The van der Waals surface area contributed by atoms with Crippen molar-refractivity contribution in [3.8, 4) is 0 Å². The molecule has 0 aliphatic carbocycles. The van der Waals surface area contributed by atoms with Gasteiger partial charge in [-0.05, 0) is 31.0 Å². The quantitative estimate of drug-likeness (QED) is 0.0845. The van der Waals surface area contributed by atoms with E-state index < -0.39 is 23.0 Å². The molecule has 2 bridgehead atoms. The number of amides is 1. The van der Waals surface area contributed by atoms with Gasteiger partial charge in [0.05, 0.1) is 5.56 Å². The van der Waals surface area contributed by atoms with Gasteiger partial charge in [0, 0.05) is 45.8 Å². The second-order valence-electron chi connectivity index (χ2n) is 10.4. The molecule has 0 fully saturated rings. The summed E-state index contributed by atoms with van der Waals surface area (Å²) in [6, 6.07) is 4.15. The van der Waals surface area contributed by atoms with Crippen LogP contribution in [-0.2, 0) is 0 Å². The van der Waals surface area contributed by atoms with Gasteiger partial charge in [-0.15, -0.1) is 0 Å². The van der Waals surface area contributed by atoms with Crippen molar-refractivity contribution in [3.05, 3.63) is 55.6 Å². The van der Waals surface area contributed by atoms with Crippen LogP contribution < -0.4 is 21.8 Å². The van der Waals surface area contributed by atoms with Gasteiger partial charge in [-0.2, -0.15) is 0 Å². The number of hydrogen-bond acceptors (Lipinski definition) is 5. The molecular weight excluding hydrogens is 508 g/mol. The zero-order chi connectivity index (χ0) is 29.1. The molecule has 1 amide bonds. The zero-order valence-electron chi connectivity index (χ0n) is 23.7. The highest BCUT2D eigenvalue weighted by Gasteiger charge is 2.26. The normalized spacial score (nSPS) is 11.2. The van der Waals surface area contributed by atoms with Gasteiger partial charge in [-0.3, -0.25) is 24.8 Å². The average Bonchev–Trinajstić information content (AvgIpc) is 3.14. The molecule has 0 saturated heterocycles. The molecule has 4 rings (SSSR count). The highest BCUT2D eigenvalue weighted by molar-refractivity contribution is 6.27. The predicted molar refractivity (Wildman–Crippen MR) is 160 cm³/mol. The van der Waals surface area contributed by atoms with E-state index in [1.807, 2.05) is 0 Å². The van der Waals surface area contributed by atoms with E-state index in [4.69, 9.17) is 5.41 Å². The van der Waals surface area contributed by atoms with Crippen molar-refractivity contribution in [3.63, 3.8) is 0 Å². The Morgan fingerprint density at radius 1 is 0.750 bits per heavy atom. The lowest BCUT2D eigenvalue weighted by molar-refractivity contribution is 0.0696. The minimum absolute atomic E-state index is 0.00246. The number of aromatic nitrogens is 1. The van der Waals surface area contributed by atoms with Gasteiger partial charge >= 0.3 is 5.97 Å². The minimum Gasteiger partial charge on any atom is -0.478 e. The molecule has 9 heteroatoms. The molecule has 40 heavy (non-hydrogen) atoms. The van der Waals surface area contributed by atoms with Crippen LogP contribution in [0.15, 0.2) is 27.8 Å². The summed E-state index contributed by atoms with van der Waals surface area (Å²) >= 11 is 0. The van der Waals surface area contributed by atoms with E-state index in [2.05, 4.69) is 29.5 Å². The van der Waals surface area contributed by atoms with E-state index >= 15 is 0 Å². The van der Waals surface area contributed by atoms with Crippen molar-refractivity contribution in [1.82, 2.24) is 15.6 Å². The van der Waals surface area contributed by atoms with Gasteiger partial charge < -0.3 is 15.7 Å². The first-order chi connectivity index (χ1) is 19.3. The molecule has 4 aromatic rings. The predicted octanol–water partition coefficient (Wildman–Crippen LogP) is 5.54. The topological polar surface area (TPSA) is 152 Å². The molecule has 2 heterocycles. The number of benzene rings is 2. The lowest BCUT2D eigenvalue weighted by atomic mass is 9.90. The number of aromatic carboxylic acids is 1. The second kappa shape index (κ2) is 15.1. The molecule has 0 atom stereocenters. The molecule has 0 aliphatic rings. The van der Waals surface area contributed by atoms with E-state index in [-0.39, 0.29) is 44.1 Å². The zero-order valence-corrected chi connectivity index (χ0v) is 23.7.